The molecule has 2 heterocycles. The molecule has 2 aromatic carbocycles. The van der Waals surface area contributed by atoms with E-state index in [1.54, 1.807) is 9.80 Å². The maximum absolute atomic E-state index is 14.0. The number of hydrogen-bond donors (Lipinski definition) is 0. The average molecular weight is 474 g/mol. The van der Waals surface area contributed by atoms with Crippen LogP contribution in [0, 0.1) is 18.7 Å². The molecule has 2 aromatic rings. The van der Waals surface area contributed by atoms with E-state index in [9.17, 15) is 22.4 Å². The summed E-state index contributed by atoms with van der Waals surface area (Å²) in [5.41, 5.74) is 1.62. The lowest BCUT2D eigenvalue weighted by molar-refractivity contribution is -0.138. The van der Waals surface area contributed by atoms with Gasteiger partial charge >= 0.3 is 0 Å². The van der Waals surface area contributed by atoms with Gasteiger partial charge < -0.3 is 9.80 Å². The molecule has 0 spiro atoms. The van der Waals surface area contributed by atoms with Gasteiger partial charge in [-0.15, -0.1) is 0 Å². The number of amides is 2. The number of hydrogen-bond acceptors (Lipinski definition) is 4. The minimum atomic E-state index is -3.94. The Labute approximate surface area is 193 Å². The van der Waals surface area contributed by atoms with Gasteiger partial charge in [-0.3, -0.25) is 9.59 Å². The molecular weight excluding hydrogens is 445 g/mol. The number of rotatable bonds is 4. The summed E-state index contributed by atoms with van der Waals surface area (Å²) in [7, 11) is -3.94. The van der Waals surface area contributed by atoms with Crippen LogP contribution in [0.4, 0.5) is 4.39 Å². The molecule has 0 aliphatic carbocycles. The average Bonchev–Trinajstić information content (AvgIpc) is 2.84. The second-order valence-electron chi connectivity index (χ2n) is 8.54. The zero-order valence-electron chi connectivity index (χ0n) is 18.6. The van der Waals surface area contributed by atoms with E-state index in [1.165, 1.54) is 22.5 Å². The lowest BCUT2D eigenvalue weighted by Gasteiger charge is -2.38. The molecule has 0 saturated carbocycles. The minimum absolute atomic E-state index is 0.000861. The first-order chi connectivity index (χ1) is 15.8. The number of sulfonamides is 1. The molecule has 0 radical (unpaired) electrons. The molecular formula is C24H28FN3O4S. The number of halogens is 1. The van der Waals surface area contributed by atoms with Crippen LogP contribution in [-0.2, 0) is 14.8 Å². The lowest BCUT2D eigenvalue weighted by atomic mass is 9.94. The second kappa shape index (κ2) is 9.61. The predicted molar refractivity (Wildman–Crippen MR) is 122 cm³/mol. The Bertz CT molecular complexity index is 1140. The summed E-state index contributed by atoms with van der Waals surface area (Å²) < 4.78 is 40.8. The van der Waals surface area contributed by atoms with Gasteiger partial charge in [0.2, 0.25) is 15.9 Å². The largest absolute Gasteiger partial charge is 0.340 e. The molecule has 0 N–H and O–H groups in total. The first-order valence-electron chi connectivity index (χ1n) is 11.2. The number of aryl methyl sites for hydroxylation is 1. The fourth-order valence-corrected chi connectivity index (χ4v) is 6.00. The number of piperidine rings is 1. The second-order valence-corrected chi connectivity index (χ2v) is 10.4. The Morgan fingerprint density at radius 2 is 1.45 bits per heavy atom. The van der Waals surface area contributed by atoms with Gasteiger partial charge in [0, 0.05) is 50.7 Å². The highest BCUT2D eigenvalue weighted by molar-refractivity contribution is 7.89. The first kappa shape index (κ1) is 23.4. The summed E-state index contributed by atoms with van der Waals surface area (Å²) in [6.07, 6.45) is 1.17. The molecule has 0 atom stereocenters. The van der Waals surface area contributed by atoms with Crippen molar-refractivity contribution >= 4 is 21.8 Å². The van der Waals surface area contributed by atoms with Crippen molar-refractivity contribution in [2.45, 2.75) is 24.7 Å². The van der Waals surface area contributed by atoms with E-state index < -0.39 is 15.8 Å². The summed E-state index contributed by atoms with van der Waals surface area (Å²) in [5.74, 6) is -0.962. The van der Waals surface area contributed by atoms with Crippen molar-refractivity contribution in [1.29, 1.82) is 0 Å². The third-order valence-corrected chi connectivity index (χ3v) is 8.44. The van der Waals surface area contributed by atoms with E-state index >= 15 is 0 Å². The van der Waals surface area contributed by atoms with Crippen molar-refractivity contribution < 1.29 is 22.4 Å². The van der Waals surface area contributed by atoms with Crippen LogP contribution >= 0.6 is 0 Å². The summed E-state index contributed by atoms with van der Waals surface area (Å²) in [5, 5.41) is 0. The zero-order chi connectivity index (χ0) is 23.6. The van der Waals surface area contributed by atoms with Crippen LogP contribution < -0.4 is 0 Å². The van der Waals surface area contributed by atoms with Gasteiger partial charge in [-0.05, 0) is 43.5 Å². The molecule has 0 unspecified atom stereocenters. The number of nitrogens with zero attached hydrogens (tertiary/aromatic N) is 3. The first-order valence-corrected chi connectivity index (χ1v) is 12.6. The molecule has 2 fully saturated rings. The maximum Gasteiger partial charge on any atom is 0.254 e. The Morgan fingerprint density at radius 1 is 0.848 bits per heavy atom. The molecule has 0 aromatic heterocycles. The van der Waals surface area contributed by atoms with Gasteiger partial charge in [-0.2, -0.15) is 4.31 Å². The third-order valence-electron chi connectivity index (χ3n) is 6.51. The smallest absolute Gasteiger partial charge is 0.254 e. The number of likely N-dealkylation sites (tertiary alicyclic amines) is 1. The molecule has 7 nitrogen and oxygen atoms in total. The summed E-state index contributed by atoms with van der Waals surface area (Å²) in [6, 6.07) is 12.8. The van der Waals surface area contributed by atoms with E-state index in [-0.39, 0.29) is 48.8 Å². The van der Waals surface area contributed by atoms with Gasteiger partial charge in [-0.25, -0.2) is 12.8 Å². The quantitative estimate of drug-likeness (QED) is 0.684. The third kappa shape index (κ3) is 4.79. The molecule has 0 bridgehead atoms. The number of carbonyl (C=O) groups excluding carboxylic acids is 2. The molecule has 2 aliphatic rings. The number of benzene rings is 2. The highest BCUT2D eigenvalue weighted by Gasteiger charge is 2.35. The Morgan fingerprint density at radius 3 is 2.09 bits per heavy atom. The van der Waals surface area contributed by atoms with Crippen LogP contribution in [0.2, 0.25) is 0 Å². The highest BCUT2D eigenvalue weighted by Crippen LogP contribution is 2.24. The predicted octanol–water partition coefficient (Wildman–Crippen LogP) is 2.52. The SMILES string of the molecule is Cc1ccccc1C(=O)N1CCC(C(=O)N2CCN(S(=O)(=O)c3ccccc3F)CC2)CC1. The standard InChI is InChI=1S/C24H28FN3O4S/c1-18-6-2-3-7-20(18)24(30)26-12-10-19(11-13-26)23(29)27-14-16-28(17-15-27)33(31,32)22-9-5-4-8-21(22)25/h2-9,19H,10-17H2,1H3. The molecule has 2 aliphatic heterocycles. The molecule has 4 rings (SSSR count). The highest BCUT2D eigenvalue weighted by atomic mass is 32.2. The molecule has 2 saturated heterocycles. The van der Waals surface area contributed by atoms with Crippen molar-refractivity contribution in [1.82, 2.24) is 14.1 Å². The summed E-state index contributed by atoms with van der Waals surface area (Å²) in [4.78, 5) is 29.0. The van der Waals surface area contributed by atoms with Gasteiger partial charge in [0.15, 0.2) is 0 Å². The zero-order valence-corrected chi connectivity index (χ0v) is 19.4. The molecule has 9 heteroatoms. The maximum atomic E-state index is 14.0. The van der Waals surface area contributed by atoms with E-state index in [0.29, 0.717) is 31.5 Å². The summed E-state index contributed by atoms with van der Waals surface area (Å²) >= 11 is 0. The van der Waals surface area contributed by atoms with Crippen molar-refractivity contribution in [3.05, 3.63) is 65.5 Å². The summed E-state index contributed by atoms with van der Waals surface area (Å²) in [6.45, 7) is 3.76. The van der Waals surface area contributed by atoms with Crippen LogP contribution in [0.25, 0.3) is 0 Å². The number of piperazine rings is 1. The van der Waals surface area contributed by atoms with Crippen molar-refractivity contribution in [3.63, 3.8) is 0 Å². The Kier molecular flexibility index (Phi) is 6.81. The number of carbonyl (C=O) groups is 2. The molecule has 176 valence electrons. The Hall–Kier alpha value is -2.78. The lowest BCUT2D eigenvalue weighted by Crippen LogP contribution is -2.53. The van der Waals surface area contributed by atoms with Gasteiger partial charge in [-0.1, -0.05) is 30.3 Å². The van der Waals surface area contributed by atoms with Crippen LogP contribution in [-0.4, -0.2) is 73.6 Å². The topological polar surface area (TPSA) is 78.0 Å². The van der Waals surface area contributed by atoms with Gasteiger partial charge in [0.1, 0.15) is 10.7 Å². The molecule has 33 heavy (non-hydrogen) atoms. The van der Waals surface area contributed by atoms with Crippen LogP contribution in [0.15, 0.2) is 53.4 Å². The van der Waals surface area contributed by atoms with E-state index in [0.717, 1.165) is 11.6 Å². The fourth-order valence-electron chi connectivity index (χ4n) is 4.51. The van der Waals surface area contributed by atoms with Crippen LogP contribution in [0.5, 0.6) is 0 Å². The normalized spacial score (nSPS) is 18.4. The van der Waals surface area contributed by atoms with E-state index in [4.69, 9.17) is 0 Å². The van der Waals surface area contributed by atoms with Gasteiger partial charge in [0.05, 0.1) is 0 Å². The van der Waals surface area contributed by atoms with Crippen molar-refractivity contribution in [2.24, 2.45) is 5.92 Å². The van der Waals surface area contributed by atoms with Gasteiger partial charge in [0.25, 0.3) is 5.91 Å². The minimum Gasteiger partial charge on any atom is -0.340 e. The fraction of sp³-hybridized carbons (Fsp3) is 0.417. The van der Waals surface area contributed by atoms with Crippen molar-refractivity contribution in [3.8, 4) is 0 Å². The van der Waals surface area contributed by atoms with E-state index in [2.05, 4.69) is 0 Å². The van der Waals surface area contributed by atoms with Crippen LogP contribution in [0.3, 0.4) is 0 Å². The molecule has 2 amide bonds. The van der Waals surface area contributed by atoms with Crippen LogP contribution in [0.1, 0.15) is 28.8 Å². The van der Waals surface area contributed by atoms with E-state index in [1.807, 2.05) is 31.2 Å². The Balaban J connectivity index is 1.31. The van der Waals surface area contributed by atoms with Crippen molar-refractivity contribution in [2.75, 3.05) is 39.3 Å². The monoisotopic (exact) mass is 473 g/mol.